The molecule has 1 aromatic rings. The van der Waals surface area contributed by atoms with Gasteiger partial charge in [0.15, 0.2) is 5.96 Å². The molecule has 2 N–H and O–H groups in total. The lowest BCUT2D eigenvalue weighted by Crippen LogP contribution is -2.44. The van der Waals surface area contributed by atoms with Crippen molar-refractivity contribution < 1.29 is 13.9 Å². The minimum absolute atomic E-state index is 0. The fraction of sp³-hybridized carbons (Fsp3) is 0.706. The molecule has 150 valence electrons. The third-order valence-corrected chi connectivity index (χ3v) is 3.41. The van der Waals surface area contributed by atoms with Gasteiger partial charge in [-0.3, -0.25) is 4.99 Å². The van der Waals surface area contributed by atoms with Gasteiger partial charge in [0.25, 0.3) is 0 Å². The summed E-state index contributed by atoms with van der Waals surface area (Å²) >= 11 is 0. The second-order valence-corrected chi connectivity index (χ2v) is 6.66. The average molecular weight is 481 g/mol. The molecule has 0 aliphatic carbocycles. The Balaban J connectivity index is 0.00000625. The summed E-state index contributed by atoms with van der Waals surface area (Å²) in [5.74, 6) is 2.05. The van der Waals surface area contributed by atoms with Crippen molar-refractivity contribution in [3.8, 4) is 0 Å². The topological polar surface area (TPSA) is 92.0 Å². The van der Waals surface area contributed by atoms with Gasteiger partial charge in [0.1, 0.15) is 11.4 Å². The van der Waals surface area contributed by atoms with E-state index >= 15 is 0 Å². The predicted octanol–water partition coefficient (Wildman–Crippen LogP) is 2.83. The first-order valence-electron chi connectivity index (χ1n) is 8.51. The molecule has 0 bridgehead atoms. The number of aromatic nitrogens is 1. The van der Waals surface area contributed by atoms with Gasteiger partial charge < -0.3 is 24.7 Å². The van der Waals surface area contributed by atoms with Crippen LogP contribution in [0.5, 0.6) is 0 Å². The minimum Gasteiger partial charge on any atom is -0.444 e. The van der Waals surface area contributed by atoms with E-state index < -0.39 is 5.60 Å². The Bertz CT molecular complexity index is 576. The molecule has 0 unspecified atom stereocenters. The third-order valence-electron chi connectivity index (χ3n) is 3.41. The monoisotopic (exact) mass is 481 g/mol. The molecule has 1 heterocycles. The fourth-order valence-corrected chi connectivity index (χ4v) is 2.01. The number of carbonyl (C=O) groups is 1. The van der Waals surface area contributed by atoms with Gasteiger partial charge >= 0.3 is 6.09 Å². The minimum atomic E-state index is -0.498. The van der Waals surface area contributed by atoms with Crippen LogP contribution in [0.3, 0.4) is 0 Å². The van der Waals surface area contributed by atoms with E-state index in [-0.39, 0.29) is 30.1 Å². The van der Waals surface area contributed by atoms with Crippen LogP contribution < -0.4 is 10.6 Å². The van der Waals surface area contributed by atoms with Crippen LogP contribution in [-0.4, -0.2) is 54.2 Å². The molecular weight excluding hydrogens is 449 g/mol. The van der Waals surface area contributed by atoms with Crippen LogP contribution in [0.1, 0.15) is 45.0 Å². The van der Waals surface area contributed by atoms with Gasteiger partial charge in [0.05, 0.1) is 12.2 Å². The average Bonchev–Trinajstić information content (AvgIpc) is 2.83. The second kappa shape index (κ2) is 11.2. The molecule has 1 rings (SSSR count). The van der Waals surface area contributed by atoms with E-state index in [2.05, 4.69) is 20.6 Å². The molecule has 0 spiro atoms. The molecule has 0 aliphatic rings. The fourth-order valence-electron chi connectivity index (χ4n) is 2.01. The number of amides is 1. The van der Waals surface area contributed by atoms with Crippen molar-refractivity contribution in [3.05, 3.63) is 17.3 Å². The van der Waals surface area contributed by atoms with Crippen LogP contribution >= 0.6 is 24.0 Å². The number of hydrogen-bond acceptors (Lipinski definition) is 5. The number of rotatable bonds is 6. The quantitative estimate of drug-likeness (QED) is 0.369. The SMILES string of the molecule is CCN(CCNC(=NC)NCc1nc(C)c(C)o1)C(=O)OC(C)(C)C.I. The largest absolute Gasteiger partial charge is 0.444 e. The number of aliphatic imine (C=N–C) groups is 1. The van der Waals surface area contributed by atoms with Crippen LogP contribution in [0, 0.1) is 13.8 Å². The van der Waals surface area contributed by atoms with Gasteiger partial charge in [0, 0.05) is 26.7 Å². The molecule has 1 aromatic heterocycles. The Morgan fingerprint density at radius 1 is 1.31 bits per heavy atom. The maximum Gasteiger partial charge on any atom is 0.410 e. The summed E-state index contributed by atoms with van der Waals surface area (Å²) < 4.78 is 10.9. The highest BCUT2D eigenvalue weighted by atomic mass is 127. The van der Waals surface area contributed by atoms with Crippen molar-refractivity contribution in [1.29, 1.82) is 0 Å². The van der Waals surface area contributed by atoms with Crippen molar-refractivity contribution >= 4 is 36.0 Å². The van der Waals surface area contributed by atoms with Gasteiger partial charge in [-0.25, -0.2) is 9.78 Å². The molecule has 0 fully saturated rings. The van der Waals surface area contributed by atoms with Crippen LogP contribution in [-0.2, 0) is 11.3 Å². The highest BCUT2D eigenvalue weighted by Crippen LogP contribution is 2.09. The lowest BCUT2D eigenvalue weighted by atomic mass is 10.2. The molecule has 1 amide bonds. The highest BCUT2D eigenvalue weighted by Gasteiger charge is 2.20. The van der Waals surface area contributed by atoms with Crippen molar-refractivity contribution in [1.82, 2.24) is 20.5 Å². The standard InChI is InChI=1S/C17H31N5O3.HI/c1-8-22(16(23)25-17(4,5)6)10-9-19-15(18-7)20-11-14-21-12(2)13(3)24-14;/h8-11H2,1-7H3,(H2,18,19,20);1H. The summed E-state index contributed by atoms with van der Waals surface area (Å²) in [6, 6.07) is 0. The van der Waals surface area contributed by atoms with E-state index in [1.807, 2.05) is 41.5 Å². The number of likely N-dealkylation sites (N-methyl/N-ethyl adjacent to an activating group) is 1. The Labute approximate surface area is 173 Å². The molecule has 0 saturated carbocycles. The Morgan fingerprint density at radius 2 is 1.96 bits per heavy atom. The number of ether oxygens (including phenoxy) is 1. The number of nitrogens with one attached hydrogen (secondary N) is 2. The zero-order chi connectivity index (χ0) is 19.0. The molecule has 8 nitrogen and oxygen atoms in total. The molecule has 9 heteroatoms. The van der Waals surface area contributed by atoms with Crippen molar-refractivity contribution in [2.24, 2.45) is 4.99 Å². The van der Waals surface area contributed by atoms with E-state index in [0.717, 1.165) is 11.5 Å². The zero-order valence-electron chi connectivity index (χ0n) is 16.8. The van der Waals surface area contributed by atoms with E-state index in [0.29, 0.717) is 38.0 Å². The van der Waals surface area contributed by atoms with Gasteiger partial charge in [-0.15, -0.1) is 24.0 Å². The van der Waals surface area contributed by atoms with Crippen molar-refractivity contribution in [2.75, 3.05) is 26.7 Å². The van der Waals surface area contributed by atoms with E-state index in [1.165, 1.54) is 0 Å². The number of carbonyl (C=O) groups excluding carboxylic acids is 1. The van der Waals surface area contributed by atoms with Crippen LogP contribution in [0.25, 0.3) is 0 Å². The first-order valence-corrected chi connectivity index (χ1v) is 8.51. The lowest BCUT2D eigenvalue weighted by Gasteiger charge is -2.26. The van der Waals surface area contributed by atoms with Crippen molar-refractivity contribution in [2.45, 2.75) is 53.7 Å². The maximum atomic E-state index is 12.1. The smallest absolute Gasteiger partial charge is 0.410 e. The molecule has 0 aromatic carbocycles. The lowest BCUT2D eigenvalue weighted by molar-refractivity contribution is 0.0264. The molecule has 26 heavy (non-hydrogen) atoms. The first-order chi connectivity index (χ1) is 11.7. The first kappa shape index (κ1) is 24.5. The van der Waals surface area contributed by atoms with Gasteiger partial charge in [-0.2, -0.15) is 0 Å². The van der Waals surface area contributed by atoms with Crippen LogP contribution in [0.2, 0.25) is 0 Å². The van der Waals surface area contributed by atoms with Crippen LogP contribution in [0.4, 0.5) is 4.79 Å². The maximum absolute atomic E-state index is 12.1. The van der Waals surface area contributed by atoms with E-state index in [1.54, 1.807) is 11.9 Å². The molecule has 0 atom stereocenters. The molecular formula is C17H32IN5O3. The van der Waals surface area contributed by atoms with Crippen LogP contribution in [0.15, 0.2) is 9.41 Å². The second-order valence-electron chi connectivity index (χ2n) is 6.66. The number of aryl methyl sites for hydroxylation is 2. The number of hydrogen-bond donors (Lipinski definition) is 2. The highest BCUT2D eigenvalue weighted by molar-refractivity contribution is 14.0. The predicted molar refractivity (Wildman–Crippen MR) is 113 cm³/mol. The van der Waals surface area contributed by atoms with Crippen molar-refractivity contribution in [3.63, 3.8) is 0 Å². The summed E-state index contributed by atoms with van der Waals surface area (Å²) in [7, 11) is 1.69. The summed E-state index contributed by atoms with van der Waals surface area (Å²) in [6.07, 6.45) is -0.314. The zero-order valence-corrected chi connectivity index (χ0v) is 19.1. The van der Waals surface area contributed by atoms with E-state index in [9.17, 15) is 4.79 Å². The molecule has 0 radical (unpaired) electrons. The number of nitrogens with zero attached hydrogens (tertiary/aromatic N) is 3. The van der Waals surface area contributed by atoms with Gasteiger partial charge in [-0.1, -0.05) is 0 Å². The summed E-state index contributed by atoms with van der Waals surface area (Å²) in [5, 5.41) is 6.30. The summed E-state index contributed by atoms with van der Waals surface area (Å²) in [4.78, 5) is 22.2. The number of guanidine groups is 1. The Kier molecular flexibility index (Phi) is 10.6. The number of halogens is 1. The summed E-state index contributed by atoms with van der Waals surface area (Å²) in [5.41, 5.74) is 0.387. The normalized spacial score (nSPS) is 11.6. The Hall–Kier alpha value is -1.52. The van der Waals surface area contributed by atoms with Gasteiger partial charge in [-0.05, 0) is 41.5 Å². The number of oxazole rings is 1. The van der Waals surface area contributed by atoms with E-state index in [4.69, 9.17) is 9.15 Å². The molecule has 0 saturated heterocycles. The third kappa shape index (κ3) is 8.72. The summed E-state index contributed by atoms with van der Waals surface area (Å²) in [6.45, 7) is 13.4. The Morgan fingerprint density at radius 3 is 2.42 bits per heavy atom. The van der Waals surface area contributed by atoms with Gasteiger partial charge in [0.2, 0.25) is 5.89 Å². The molecule has 0 aliphatic heterocycles.